The van der Waals surface area contributed by atoms with E-state index in [1.54, 1.807) is 11.3 Å². The van der Waals surface area contributed by atoms with E-state index in [1.165, 1.54) is 4.57 Å². The van der Waals surface area contributed by atoms with Gasteiger partial charge >= 0.3 is 0 Å². The number of nitrogens with zero attached hydrogens (tertiary/aromatic N) is 4. The zero-order chi connectivity index (χ0) is 44.0. The van der Waals surface area contributed by atoms with Gasteiger partial charge in [0, 0.05) is 47.6 Å². The Bertz CT molecular complexity index is 3630. The smallest absolute Gasteiger partial charge is 0.166 e. The molecule has 0 aliphatic heterocycles. The molecular weight excluding hydrogens is 701 g/mol. The van der Waals surface area contributed by atoms with Crippen molar-refractivity contribution in [1.29, 1.82) is 0 Å². The predicted octanol–water partition coefficient (Wildman–Crippen LogP) is 13.7. The van der Waals surface area contributed by atoms with Gasteiger partial charge < -0.3 is 4.57 Å². The second-order valence-corrected chi connectivity index (χ2v) is 14.5. The molecule has 56 heavy (non-hydrogen) atoms. The standard InChI is InChI=1S/C51H32N4S/c1-3-13-33(14-4-1)34-23-25-36(26-24-34)50-52-49(35-15-5-2-6-16-35)53-51(54-50)42-29-27-38(37-28-30-48-43(31-37)41-19-9-12-22-47(41)56-48)32-46(42)55-44-20-10-7-17-39(44)40-18-8-11-21-45(40)55/h1-32H/i7D,8D,10D,11D,17D,18D,20D,21D. The first-order chi connectivity index (χ1) is 31.1. The Balaban J connectivity index is 1.24. The summed E-state index contributed by atoms with van der Waals surface area (Å²) in [6.45, 7) is 0. The molecular formula is C51H32N4S. The number of hydrogen-bond donors (Lipinski definition) is 0. The predicted molar refractivity (Wildman–Crippen MR) is 234 cm³/mol. The van der Waals surface area contributed by atoms with E-state index in [4.69, 9.17) is 23.2 Å². The van der Waals surface area contributed by atoms with Gasteiger partial charge in [-0.25, -0.2) is 15.0 Å². The minimum absolute atomic E-state index is 0.000237. The first-order valence-electron chi connectivity index (χ1n) is 22.1. The molecule has 0 atom stereocenters. The van der Waals surface area contributed by atoms with Crippen LogP contribution in [-0.2, 0) is 0 Å². The third kappa shape index (κ3) is 5.48. The maximum Gasteiger partial charge on any atom is 0.166 e. The zero-order valence-electron chi connectivity index (χ0n) is 37.6. The van der Waals surface area contributed by atoms with Crippen LogP contribution in [0.25, 0.3) is 104 Å². The highest BCUT2D eigenvalue weighted by Crippen LogP contribution is 2.40. The molecule has 0 aliphatic rings. The third-order valence-corrected chi connectivity index (χ3v) is 11.3. The second kappa shape index (κ2) is 13.3. The number of hydrogen-bond acceptors (Lipinski definition) is 4. The highest BCUT2D eigenvalue weighted by Gasteiger charge is 2.20. The average molecular weight is 741 g/mol. The molecule has 0 amide bonds. The lowest BCUT2D eigenvalue weighted by Gasteiger charge is -2.16. The van der Waals surface area contributed by atoms with Gasteiger partial charge in [0.15, 0.2) is 17.5 Å². The molecule has 3 aromatic heterocycles. The molecule has 0 aliphatic carbocycles. The number of fused-ring (bicyclic) bond motifs is 6. The summed E-state index contributed by atoms with van der Waals surface area (Å²) in [4.78, 5) is 15.2. The van der Waals surface area contributed by atoms with Crippen LogP contribution in [0.5, 0.6) is 0 Å². The van der Waals surface area contributed by atoms with Crippen molar-refractivity contribution in [2.45, 2.75) is 0 Å². The van der Waals surface area contributed by atoms with Gasteiger partial charge in [0.05, 0.1) is 27.7 Å². The molecule has 0 N–H and O–H groups in total. The Morgan fingerprint density at radius 3 is 1.61 bits per heavy atom. The van der Waals surface area contributed by atoms with Crippen LogP contribution in [0.1, 0.15) is 11.0 Å². The quantitative estimate of drug-likeness (QED) is 0.170. The highest BCUT2D eigenvalue weighted by atomic mass is 32.1. The molecule has 4 nitrogen and oxygen atoms in total. The molecule has 3 heterocycles. The third-order valence-electron chi connectivity index (χ3n) is 10.1. The molecule has 11 rings (SSSR count). The zero-order valence-corrected chi connectivity index (χ0v) is 30.4. The van der Waals surface area contributed by atoms with Crippen LogP contribution in [0.2, 0.25) is 0 Å². The van der Waals surface area contributed by atoms with Crippen molar-refractivity contribution in [2.75, 3.05) is 0 Å². The van der Waals surface area contributed by atoms with Crippen molar-refractivity contribution in [2.24, 2.45) is 0 Å². The molecule has 0 spiro atoms. The lowest BCUT2D eigenvalue weighted by Crippen LogP contribution is -2.04. The van der Waals surface area contributed by atoms with Gasteiger partial charge in [-0.3, -0.25) is 0 Å². The van der Waals surface area contributed by atoms with Crippen LogP contribution in [0.15, 0.2) is 194 Å². The Kier molecular flexibility index (Phi) is 5.92. The minimum Gasteiger partial charge on any atom is -0.308 e. The van der Waals surface area contributed by atoms with Gasteiger partial charge in [0.2, 0.25) is 0 Å². The number of benzene rings is 8. The van der Waals surface area contributed by atoms with Crippen molar-refractivity contribution in [3.63, 3.8) is 0 Å². The van der Waals surface area contributed by atoms with Crippen molar-refractivity contribution in [1.82, 2.24) is 19.5 Å². The normalized spacial score (nSPS) is 13.6. The van der Waals surface area contributed by atoms with Gasteiger partial charge in [-0.05, 0) is 64.7 Å². The summed E-state index contributed by atoms with van der Waals surface area (Å²) in [5.41, 5.74) is 5.96. The van der Waals surface area contributed by atoms with Gasteiger partial charge in [-0.15, -0.1) is 11.3 Å². The average Bonchev–Trinajstić information content (AvgIpc) is 3.91. The van der Waals surface area contributed by atoms with E-state index in [2.05, 4.69) is 24.3 Å². The first-order valence-corrected chi connectivity index (χ1v) is 18.9. The van der Waals surface area contributed by atoms with Crippen LogP contribution in [0.3, 0.4) is 0 Å². The maximum absolute atomic E-state index is 9.34. The summed E-state index contributed by atoms with van der Waals surface area (Å²) in [6.07, 6.45) is 0. The molecule has 5 heteroatoms. The Labute approximate surface area is 338 Å². The molecule has 0 unspecified atom stereocenters. The Morgan fingerprint density at radius 2 is 0.893 bits per heavy atom. The van der Waals surface area contributed by atoms with Gasteiger partial charge in [-0.1, -0.05) is 152 Å². The van der Waals surface area contributed by atoms with E-state index in [-0.39, 0.29) is 27.6 Å². The van der Waals surface area contributed by atoms with E-state index in [0.717, 1.165) is 53.6 Å². The van der Waals surface area contributed by atoms with Crippen LogP contribution < -0.4 is 0 Å². The largest absolute Gasteiger partial charge is 0.308 e. The Hall–Kier alpha value is -7.21. The molecule has 8 aromatic carbocycles. The Morgan fingerprint density at radius 1 is 0.393 bits per heavy atom. The number of thiophene rings is 1. The van der Waals surface area contributed by atoms with E-state index in [9.17, 15) is 2.74 Å². The topological polar surface area (TPSA) is 43.6 Å². The summed E-state index contributed by atoms with van der Waals surface area (Å²) in [6, 6.07) is 44.1. The summed E-state index contributed by atoms with van der Waals surface area (Å²) in [5, 5.41) is 2.17. The van der Waals surface area contributed by atoms with Gasteiger partial charge in [0.1, 0.15) is 0 Å². The molecule has 262 valence electrons. The van der Waals surface area contributed by atoms with Gasteiger partial charge in [0.25, 0.3) is 0 Å². The number of para-hydroxylation sites is 2. The summed E-state index contributed by atoms with van der Waals surface area (Å²) >= 11 is 1.71. The van der Waals surface area contributed by atoms with E-state index in [1.807, 2.05) is 121 Å². The monoisotopic (exact) mass is 740 g/mol. The van der Waals surface area contributed by atoms with E-state index >= 15 is 0 Å². The molecule has 0 bridgehead atoms. The fourth-order valence-corrected chi connectivity index (χ4v) is 8.52. The van der Waals surface area contributed by atoms with E-state index in [0.29, 0.717) is 22.9 Å². The van der Waals surface area contributed by atoms with Crippen LogP contribution >= 0.6 is 11.3 Å². The highest BCUT2D eigenvalue weighted by molar-refractivity contribution is 7.25. The lowest BCUT2D eigenvalue weighted by atomic mass is 9.99. The first kappa shape index (κ1) is 25.0. The molecule has 0 radical (unpaired) electrons. The minimum atomic E-state index is -0.512. The van der Waals surface area contributed by atoms with E-state index < -0.39 is 48.3 Å². The fourth-order valence-electron chi connectivity index (χ4n) is 7.44. The SMILES string of the molecule is [2H]c1c([2H])c([2H])c2c(c1[2H])c1c([2H])c([2H])c([2H])c([2H])c1n2-c1cc(-c2ccc3sc4ccccc4c3c2)ccc1-c1nc(-c2ccccc2)nc(-c2ccc(-c3ccccc3)cc2)n1. The molecule has 0 saturated heterocycles. The summed E-state index contributed by atoms with van der Waals surface area (Å²) in [5.74, 6) is 1.02. The van der Waals surface area contributed by atoms with Crippen molar-refractivity contribution < 1.29 is 11.0 Å². The van der Waals surface area contributed by atoms with Crippen molar-refractivity contribution >= 4 is 53.3 Å². The lowest BCUT2D eigenvalue weighted by molar-refractivity contribution is 1.06. The number of aromatic nitrogens is 4. The van der Waals surface area contributed by atoms with Crippen molar-refractivity contribution in [3.05, 3.63) is 194 Å². The van der Waals surface area contributed by atoms with Gasteiger partial charge in [-0.2, -0.15) is 0 Å². The molecule has 11 aromatic rings. The molecule has 0 saturated carbocycles. The summed E-state index contributed by atoms with van der Waals surface area (Å²) in [7, 11) is 0. The number of rotatable bonds is 6. The van der Waals surface area contributed by atoms with Crippen LogP contribution in [0.4, 0.5) is 0 Å². The maximum atomic E-state index is 9.34. The fraction of sp³-hybridized carbons (Fsp3) is 0. The van der Waals surface area contributed by atoms with Crippen molar-refractivity contribution in [3.8, 4) is 62.1 Å². The molecule has 0 fully saturated rings. The second-order valence-electron chi connectivity index (χ2n) is 13.4. The van der Waals surface area contributed by atoms with Crippen LogP contribution in [-0.4, -0.2) is 19.5 Å². The summed E-state index contributed by atoms with van der Waals surface area (Å²) < 4.78 is 75.7. The van der Waals surface area contributed by atoms with Crippen LogP contribution in [0, 0.1) is 0 Å².